The van der Waals surface area contributed by atoms with Crippen molar-refractivity contribution in [1.82, 2.24) is 5.32 Å². The highest BCUT2D eigenvalue weighted by molar-refractivity contribution is 7.99. The smallest absolute Gasteiger partial charge is 0.220 e. The van der Waals surface area contributed by atoms with E-state index < -0.39 is 0 Å². The number of carbonyl (C=O) groups excluding carboxylic acids is 1. The van der Waals surface area contributed by atoms with Crippen LogP contribution in [0, 0.1) is 0 Å². The number of ether oxygens (including phenoxy) is 2. The Kier molecular flexibility index (Phi) is 8.29. The molecule has 2 rings (SSSR count). The number of rotatable bonds is 9. The minimum absolute atomic E-state index is 0.119. The van der Waals surface area contributed by atoms with Gasteiger partial charge in [-0.3, -0.25) is 4.79 Å². The van der Waals surface area contributed by atoms with Crippen LogP contribution < -0.4 is 14.8 Å². The van der Waals surface area contributed by atoms with E-state index in [0.717, 1.165) is 23.1 Å². The van der Waals surface area contributed by atoms with Gasteiger partial charge in [-0.05, 0) is 37.0 Å². The quantitative estimate of drug-likeness (QED) is 0.687. The lowest BCUT2D eigenvalue weighted by molar-refractivity contribution is -0.120. The number of thioether (sulfide) groups is 1. The van der Waals surface area contributed by atoms with E-state index in [9.17, 15) is 4.79 Å². The van der Waals surface area contributed by atoms with Gasteiger partial charge < -0.3 is 14.8 Å². The summed E-state index contributed by atoms with van der Waals surface area (Å²) in [5, 5.41) is 3.84. The Morgan fingerprint density at radius 1 is 1.17 bits per heavy atom. The summed E-state index contributed by atoms with van der Waals surface area (Å²) in [6, 6.07) is 5.80. The molecular weight excluding hydrogens is 322 g/mol. The van der Waals surface area contributed by atoms with Gasteiger partial charge in [0, 0.05) is 24.0 Å². The molecule has 0 aromatic heterocycles. The number of nitrogens with one attached hydrogen (secondary N) is 1. The lowest BCUT2D eigenvalue weighted by Crippen LogP contribution is -2.26. The average molecular weight is 352 g/mol. The highest BCUT2D eigenvalue weighted by atomic mass is 32.2. The van der Waals surface area contributed by atoms with Crippen LogP contribution in [-0.4, -0.2) is 37.7 Å². The Bertz CT molecular complexity index is 515. The Labute approximate surface area is 149 Å². The Morgan fingerprint density at radius 3 is 2.62 bits per heavy atom. The molecule has 1 aliphatic carbocycles. The van der Waals surface area contributed by atoms with Gasteiger partial charge in [-0.25, -0.2) is 0 Å². The van der Waals surface area contributed by atoms with E-state index in [-0.39, 0.29) is 5.91 Å². The SMILES string of the molecule is COc1ccc(CCC(=O)NCCSC2CCCCC2)cc1OC. The summed E-state index contributed by atoms with van der Waals surface area (Å²) in [5.41, 5.74) is 1.08. The van der Waals surface area contributed by atoms with Crippen LogP contribution >= 0.6 is 11.8 Å². The maximum atomic E-state index is 12.0. The molecule has 4 nitrogen and oxygen atoms in total. The third kappa shape index (κ3) is 6.27. The molecule has 5 heteroatoms. The molecule has 1 saturated carbocycles. The topological polar surface area (TPSA) is 47.6 Å². The second-order valence-electron chi connectivity index (χ2n) is 6.17. The number of hydrogen-bond acceptors (Lipinski definition) is 4. The molecule has 1 aromatic rings. The summed E-state index contributed by atoms with van der Waals surface area (Å²) in [4.78, 5) is 12.0. The number of aryl methyl sites for hydroxylation is 1. The minimum Gasteiger partial charge on any atom is -0.493 e. The number of hydrogen-bond donors (Lipinski definition) is 1. The lowest BCUT2D eigenvalue weighted by Gasteiger charge is -2.20. The molecule has 1 aliphatic rings. The number of amides is 1. The first kappa shape index (κ1) is 19.0. The van der Waals surface area contributed by atoms with Crippen molar-refractivity contribution >= 4 is 17.7 Å². The van der Waals surface area contributed by atoms with Crippen LogP contribution in [0.4, 0.5) is 0 Å². The Morgan fingerprint density at radius 2 is 1.92 bits per heavy atom. The molecule has 1 N–H and O–H groups in total. The molecule has 1 amide bonds. The molecule has 24 heavy (non-hydrogen) atoms. The fourth-order valence-corrected chi connectivity index (χ4v) is 4.25. The molecule has 0 aliphatic heterocycles. The van der Waals surface area contributed by atoms with E-state index in [1.165, 1.54) is 32.1 Å². The van der Waals surface area contributed by atoms with Crippen molar-refractivity contribution in [3.63, 3.8) is 0 Å². The first-order chi connectivity index (χ1) is 11.7. The van der Waals surface area contributed by atoms with Crippen LogP contribution in [0.15, 0.2) is 18.2 Å². The van der Waals surface area contributed by atoms with Crippen LogP contribution in [0.5, 0.6) is 11.5 Å². The van der Waals surface area contributed by atoms with E-state index >= 15 is 0 Å². The average Bonchev–Trinajstić information content (AvgIpc) is 2.64. The summed E-state index contributed by atoms with van der Waals surface area (Å²) >= 11 is 2.02. The molecule has 0 unspecified atom stereocenters. The predicted molar refractivity (Wildman–Crippen MR) is 100 cm³/mol. The van der Waals surface area contributed by atoms with Crippen molar-refractivity contribution in [2.45, 2.75) is 50.2 Å². The molecule has 0 atom stereocenters. The van der Waals surface area contributed by atoms with Crippen LogP contribution in [0.1, 0.15) is 44.1 Å². The van der Waals surface area contributed by atoms with E-state index in [4.69, 9.17) is 9.47 Å². The highest BCUT2D eigenvalue weighted by Crippen LogP contribution is 2.28. The van der Waals surface area contributed by atoms with Gasteiger partial charge in [0.05, 0.1) is 14.2 Å². The molecule has 0 radical (unpaired) electrons. The van der Waals surface area contributed by atoms with Gasteiger partial charge in [0.15, 0.2) is 11.5 Å². The van der Waals surface area contributed by atoms with Gasteiger partial charge in [0.2, 0.25) is 5.91 Å². The fourth-order valence-electron chi connectivity index (χ4n) is 3.03. The molecule has 0 bridgehead atoms. The fraction of sp³-hybridized carbons (Fsp3) is 0.632. The summed E-state index contributed by atoms with van der Waals surface area (Å²) < 4.78 is 10.5. The minimum atomic E-state index is 0.119. The van der Waals surface area contributed by atoms with Crippen molar-refractivity contribution in [2.75, 3.05) is 26.5 Å². The maximum Gasteiger partial charge on any atom is 0.220 e. The van der Waals surface area contributed by atoms with Gasteiger partial charge in [0.25, 0.3) is 0 Å². The van der Waals surface area contributed by atoms with Crippen molar-refractivity contribution in [3.8, 4) is 11.5 Å². The molecule has 0 spiro atoms. The zero-order valence-corrected chi connectivity index (χ0v) is 15.6. The van der Waals surface area contributed by atoms with E-state index in [0.29, 0.717) is 24.3 Å². The van der Waals surface area contributed by atoms with E-state index in [2.05, 4.69) is 5.32 Å². The van der Waals surface area contributed by atoms with Crippen LogP contribution in [0.2, 0.25) is 0 Å². The second kappa shape index (κ2) is 10.5. The van der Waals surface area contributed by atoms with Crippen LogP contribution in [0.25, 0.3) is 0 Å². The van der Waals surface area contributed by atoms with Crippen molar-refractivity contribution in [2.24, 2.45) is 0 Å². The zero-order chi connectivity index (χ0) is 17.2. The summed E-state index contributed by atoms with van der Waals surface area (Å²) in [7, 11) is 3.24. The lowest BCUT2D eigenvalue weighted by atomic mass is 10.0. The molecule has 0 saturated heterocycles. The first-order valence-corrected chi connectivity index (χ1v) is 9.87. The van der Waals surface area contributed by atoms with Crippen molar-refractivity contribution < 1.29 is 14.3 Å². The second-order valence-corrected chi connectivity index (χ2v) is 7.58. The predicted octanol–water partition coefficient (Wildman–Crippen LogP) is 3.82. The molecule has 0 heterocycles. The Hall–Kier alpha value is -1.36. The summed E-state index contributed by atoms with van der Waals surface area (Å²) in [6.07, 6.45) is 8.04. The number of carbonyl (C=O) groups is 1. The standard InChI is InChI=1S/C19H29NO3S/c1-22-17-10-8-15(14-18(17)23-2)9-11-19(21)20-12-13-24-16-6-4-3-5-7-16/h8,10,14,16H,3-7,9,11-13H2,1-2H3,(H,20,21). The van der Waals surface area contributed by atoms with Crippen LogP contribution in [-0.2, 0) is 11.2 Å². The Balaban J connectivity index is 1.63. The summed E-state index contributed by atoms with van der Waals surface area (Å²) in [6.45, 7) is 0.770. The van der Waals surface area contributed by atoms with Gasteiger partial charge in [0.1, 0.15) is 0 Å². The van der Waals surface area contributed by atoms with Gasteiger partial charge >= 0.3 is 0 Å². The van der Waals surface area contributed by atoms with Crippen molar-refractivity contribution in [1.29, 1.82) is 0 Å². The number of methoxy groups -OCH3 is 2. The molecule has 1 aromatic carbocycles. The third-order valence-corrected chi connectivity index (χ3v) is 5.80. The first-order valence-electron chi connectivity index (χ1n) is 8.82. The normalized spacial score (nSPS) is 15.1. The monoisotopic (exact) mass is 351 g/mol. The highest BCUT2D eigenvalue weighted by Gasteiger charge is 2.13. The van der Waals surface area contributed by atoms with Gasteiger partial charge in [-0.15, -0.1) is 0 Å². The molecular formula is C19H29NO3S. The van der Waals surface area contributed by atoms with Crippen LogP contribution in [0.3, 0.4) is 0 Å². The van der Waals surface area contributed by atoms with E-state index in [1.807, 2.05) is 30.0 Å². The zero-order valence-electron chi connectivity index (χ0n) is 14.8. The largest absolute Gasteiger partial charge is 0.493 e. The van der Waals surface area contributed by atoms with Crippen molar-refractivity contribution in [3.05, 3.63) is 23.8 Å². The summed E-state index contributed by atoms with van der Waals surface area (Å²) in [5.74, 6) is 2.56. The third-order valence-electron chi connectivity index (χ3n) is 4.42. The molecule has 1 fully saturated rings. The van der Waals surface area contributed by atoms with Gasteiger partial charge in [-0.1, -0.05) is 25.3 Å². The molecule has 134 valence electrons. The van der Waals surface area contributed by atoms with E-state index in [1.54, 1.807) is 14.2 Å². The number of benzene rings is 1. The van der Waals surface area contributed by atoms with Gasteiger partial charge in [-0.2, -0.15) is 11.8 Å². The maximum absolute atomic E-state index is 12.0.